The summed E-state index contributed by atoms with van der Waals surface area (Å²) in [6.45, 7) is 4.42. The van der Waals surface area contributed by atoms with Crippen molar-refractivity contribution in [1.82, 2.24) is 9.97 Å². The maximum Gasteiger partial charge on any atom is 0.148 e. The Bertz CT molecular complexity index is 512. The van der Waals surface area contributed by atoms with E-state index in [1.54, 1.807) is 0 Å². The van der Waals surface area contributed by atoms with Gasteiger partial charge in [0.05, 0.1) is 0 Å². The molecule has 0 radical (unpaired) electrons. The number of hydrogen-bond donors (Lipinski definition) is 2. The van der Waals surface area contributed by atoms with Crippen molar-refractivity contribution in [2.24, 2.45) is 11.8 Å². The Hall–Kier alpha value is -1.36. The van der Waals surface area contributed by atoms with Crippen molar-refractivity contribution in [1.29, 1.82) is 0 Å². The second kappa shape index (κ2) is 5.79. The van der Waals surface area contributed by atoms with Crippen molar-refractivity contribution in [3.63, 3.8) is 0 Å². The predicted molar refractivity (Wildman–Crippen MR) is 86.4 cm³/mol. The molecule has 0 aromatic carbocycles. The third kappa shape index (κ3) is 2.98. The van der Waals surface area contributed by atoms with Gasteiger partial charge in [0, 0.05) is 24.6 Å². The molecule has 1 aromatic rings. The van der Waals surface area contributed by atoms with Crippen molar-refractivity contribution in [2.45, 2.75) is 64.3 Å². The number of hydrazine groups is 1. The Balaban J connectivity index is 1.90. The van der Waals surface area contributed by atoms with Gasteiger partial charge in [-0.25, -0.2) is 15.8 Å². The van der Waals surface area contributed by atoms with Crippen LogP contribution in [0.1, 0.15) is 62.8 Å². The summed E-state index contributed by atoms with van der Waals surface area (Å²) < 4.78 is 0. The van der Waals surface area contributed by atoms with Gasteiger partial charge < -0.3 is 10.3 Å². The van der Waals surface area contributed by atoms with Crippen LogP contribution in [0.2, 0.25) is 0 Å². The smallest absolute Gasteiger partial charge is 0.148 e. The van der Waals surface area contributed by atoms with Gasteiger partial charge in [0.25, 0.3) is 0 Å². The van der Waals surface area contributed by atoms with Crippen LogP contribution in [0.4, 0.5) is 11.6 Å². The van der Waals surface area contributed by atoms with Gasteiger partial charge in [-0.1, -0.05) is 19.8 Å². The van der Waals surface area contributed by atoms with E-state index in [1.807, 2.05) is 0 Å². The minimum atomic E-state index is 0.537. The zero-order valence-corrected chi connectivity index (χ0v) is 13.4. The van der Waals surface area contributed by atoms with E-state index in [9.17, 15) is 0 Å². The van der Waals surface area contributed by atoms with Crippen LogP contribution in [0.15, 0.2) is 0 Å². The molecule has 0 aliphatic heterocycles. The third-order valence-corrected chi connectivity index (χ3v) is 5.01. The summed E-state index contributed by atoms with van der Waals surface area (Å²) in [4.78, 5) is 11.8. The van der Waals surface area contributed by atoms with Crippen LogP contribution in [-0.4, -0.2) is 23.1 Å². The third-order valence-electron chi connectivity index (χ3n) is 5.01. The van der Waals surface area contributed by atoms with Crippen molar-refractivity contribution < 1.29 is 0 Å². The van der Waals surface area contributed by atoms with E-state index < -0.39 is 0 Å². The van der Waals surface area contributed by atoms with Crippen molar-refractivity contribution in [2.75, 3.05) is 17.4 Å². The number of hydrogen-bond acceptors (Lipinski definition) is 5. The first-order chi connectivity index (χ1) is 10.1. The van der Waals surface area contributed by atoms with E-state index in [2.05, 4.69) is 36.2 Å². The first-order valence-electron chi connectivity index (χ1n) is 8.18. The lowest BCUT2D eigenvalue weighted by Crippen LogP contribution is -2.37. The maximum absolute atomic E-state index is 5.65. The zero-order chi connectivity index (χ0) is 15.0. The monoisotopic (exact) mass is 289 g/mol. The number of nitrogens with two attached hydrogens (primary N) is 1. The fourth-order valence-corrected chi connectivity index (χ4v) is 3.46. The molecule has 1 aromatic heterocycles. The highest BCUT2D eigenvalue weighted by molar-refractivity contribution is 5.58. The van der Waals surface area contributed by atoms with E-state index in [4.69, 9.17) is 10.8 Å². The summed E-state index contributed by atoms with van der Waals surface area (Å²) in [5.41, 5.74) is 3.81. The van der Waals surface area contributed by atoms with E-state index in [0.29, 0.717) is 12.0 Å². The lowest BCUT2D eigenvalue weighted by atomic mass is 9.86. The molecule has 5 nitrogen and oxygen atoms in total. The number of nitrogens with one attached hydrogen (secondary N) is 1. The molecule has 3 N–H and O–H groups in total. The molecular formula is C16H27N5. The van der Waals surface area contributed by atoms with Crippen LogP contribution >= 0.6 is 0 Å². The Morgan fingerprint density at radius 2 is 1.95 bits per heavy atom. The van der Waals surface area contributed by atoms with E-state index >= 15 is 0 Å². The highest BCUT2D eigenvalue weighted by Gasteiger charge is 2.30. The summed E-state index contributed by atoms with van der Waals surface area (Å²) in [7, 11) is 2.18. The highest BCUT2D eigenvalue weighted by atomic mass is 15.3. The molecule has 5 heteroatoms. The first-order valence-corrected chi connectivity index (χ1v) is 8.18. The lowest BCUT2D eigenvalue weighted by Gasteiger charge is -2.35. The summed E-state index contributed by atoms with van der Waals surface area (Å²) in [5.74, 6) is 9.78. The molecule has 3 rings (SSSR count). The molecule has 2 aliphatic rings. The molecular weight excluding hydrogens is 262 g/mol. The van der Waals surface area contributed by atoms with Crippen molar-refractivity contribution >= 4 is 11.6 Å². The van der Waals surface area contributed by atoms with Gasteiger partial charge in [-0.05, 0) is 38.5 Å². The maximum atomic E-state index is 5.65. The molecule has 2 unspecified atom stereocenters. The van der Waals surface area contributed by atoms with Gasteiger partial charge in [-0.2, -0.15) is 0 Å². The first kappa shape index (κ1) is 14.6. The molecule has 2 saturated carbocycles. The highest BCUT2D eigenvalue weighted by Crippen LogP contribution is 2.40. The Labute approximate surface area is 127 Å². The summed E-state index contributed by atoms with van der Waals surface area (Å²) in [6.07, 6.45) is 7.60. The minimum Gasteiger partial charge on any atom is -0.356 e. The summed E-state index contributed by atoms with van der Waals surface area (Å²) in [5, 5.41) is 0. The fourth-order valence-electron chi connectivity index (χ4n) is 3.46. The minimum absolute atomic E-state index is 0.537. The average molecular weight is 289 g/mol. The molecule has 2 atom stereocenters. The molecule has 0 spiro atoms. The molecule has 0 saturated heterocycles. The molecule has 2 aliphatic carbocycles. The molecule has 21 heavy (non-hydrogen) atoms. The molecule has 1 heterocycles. The van der Waals surface area contributed by atoms with Gasteiger partial charge in [0.1, 0.15) is 17.5 Å². The average Bonchev–Trinajstić information content (AvgIpc) is 3.31. The van der Waals surface area contributed by atoms with Crippen LogP contribution in [-0.2, 0) is 0 Å². The standard InChI is InChI=1S/C16H27N5/c1-10-5-4-6-13(9-10)21(3)16-11(2)14(20-17)18-15(19-16)12-7-8-12/h10,12-13H,4-9,17H2,1-3H3,(H,18,19,20). The number of aromatic nitrogens is 2. The SMILES string of the molecule is Cc1c(NN)nc(C2CC2)nc1N(C)C1CCCC(C)C1. The lowest BCUT2D eigenvalue weighted by molar-refractivity contribution is 0.335. The zero-order valence-electron chi connectivity index (χ0n) is 13.4. The van der Waals surface area contributed by atoms with E-state index in [-0.39, 0.29) is 0 Å². The summed E-state index contributed by atoms with van der Waals surface area (Å²) in [6, 6.07) is 0.583. The number of nitrogen functional groups attached to an aromatic ring is 1. The van der Waals surface area contributed by atoms with Gasteiger partial charge >= 0.3 is 0 Å². The van der Waals surface area contributed by atoms with Crippen molar-refractivity contribution in [3.05, 3.63) is 11.4 Å². The second-order valence-corrected chi connectivity index (χ2v) is 6.83. The largest absolute Gasteiger partial charge is 0.356 e. The topological polar surface area (TPSA) is 67.1 Å². The molecule has 0 bridgehead atoms. The molecule has 2 fully saturated rings. The molecule has 0 amide bonds. The Morgan fingerprint density at radius 3 is 2.57 bits per heavy atom. The Kier molecular flexibility index (Phi) is 4.02. The van der Waals surface area contributed by atoms with Gasteiger partial charge in [0.15, 0.2) is 0 Å². The van der Waals surface area contributed by atoms with Gasteiger partial charge in [-0.15, -0.1) is 0 Å². The normalized spacial score (nSPS) is 25.7. The van der Waals surface area contributed by atoms with E-state index in [1.165, 1.54) is 38.5 Å². The summed E-state index contributed by atoms with van der Waals surface area (Å²) >= 11 is 0. The molecule has 116 valence electrons. The van der Waals surface area contributed by atoms with Crippen molar-refractivity contribution in [3.8, 4) is 0 Å². The van der Waals surface area contributed by atoms with Crippen LogP contribution in [0.3, 0.4) is 0 Å². The number of anilines is 2. The number of nitrogens with zero attached hydrogens (tertiary/aromatic N) is 3. The van der Waals surface area contributed by atoms with Crippen LogP contribution in [0.5, 0.6) is 0 Å². The Morgan fingerprint density at radius 1 is 1.19 bits per heavy atom. The fraction of sp³-hybridized carbons (Fsp3) is 0.750. The second-order valence-electron chi connectivity index (χ2n) is 6.83. The predicted octanol–water partition coefficient (Wildman–Crippen LogP) is 2.96. The van der Waals surface area contributed by atoms with E-state index in [0.717, 1.165) is 28.9 Å². The van der Waals surface area contributed by atoms with Crippen LogP contribution in [0, 0.1) is 12.8 Å². The number of rotatable bonds is 4. The van der Waals surface area contributed by atoms with Gasteiger partial charge in [-0.3, -0.25) is 0 Å². The van der Waals surface area contributed by atoms with Crippen LogP contribution in [0.25, 0.3) is 0 Å². The quantitative estimate of drug-likeness (QED) is 0.659. The van der Waals surface area contributed by atoms with Crippen LogP contribution < -0.4 is 16.2 Å². The van der Waals surface area contributed by atoms with Gasteiger partial charge in [0.2, 0.25) is 0 Å².